The molecule has 0 bridgehead atoms. The lowest BCUT2D eigenvalue weighted by molar-refractivity contribution is -0.153. The van der Waals surface area contributed by atoms with Gasteiger partial charge in [-0.15, -0.1) is 0 Å². The van der Waals surface area contributed by atoms with Crippen LogP contribution in [0.3, 0.4) is 0 Å². The average Bonchev–Trinajstić information content (AvgIpc) is 2.71. The molecule has 27 heavy (non-hydrogen) atoms. The summed E-state index contributed by atoms with van der Waals surface area (Å²) in [7, 11) is -1.29. The van der Waals surface area contributed by atoms with E-state index in [2.05, 4.69) is 10.1 Å². The zero-order valence-corrected chi connectivity index (χ0v) is 16.0. The van der Waals surface area contributed by atoms with Crippen molar-refractivity contribution in [3.05, 3.63) is 29.8 Å². The van der Waals surface area contributed by atoms with Gasteiger partial charge in [0.2, 0.25) is 10.0 Å². The van der Waals surface area contributed by atoms with Crippen molar-refractivity contribution in [1.29, 1.82) is 0 Å². The number of benzene rings is 1. The first-order valence-electron chi connectivity index (χ1n) is 8.36. The van der Waals surface area contributed by atoms with Crippen molar-refractivity contribution in [3.63, 3.8) is 0 Å². The monoisotopic (exact) mass is 398 g/mol. The highest BCUT2D eigenvalue weighted by Crippen LogP contribution is 2.26. The second-order valence-corrected chi connectivity index (χ2v) is 7.85. The molecule has 1 aromatic rings. The lowest BCUT2D eigenvalue weighted by Gasteiger charge is -2.30. The quantitative estimate of drug-likeness (QED) is 0.678. The minimum atomic E-state index is -3.91. The van der Waals surface area contributed by atoms with Gasteiger partial charge in [0.1, 0.15) is 0 Å². The summed E-state index contributed by atoms with van der Waals surface area (Å²) in [6.45, 7) is -0.143. The van der Waals surface area contributed by atoms with E-state index in [0.717, 1.165) is 0 Å². The Bertz CT molecular complexity index is 814. The third-order valence-electron chi connectivity index (χ3n) is 4.32. The predicted molar refractivity (Wildman–Crippen MR) is 94.3 cm³/mol. The molecule has 1 amide bonds. The van der Waals surface area contributed by atoms with Gasteiger partial charge in [0.25, 0.3) is 5.91 Å². The van der Waals surface area contributed by atoms with E-state index in [-0.39, 0.29) is 43.0 Å². The Hall–Kier alpha value is -2.46. The first kappa shape index (κ1) is 20.8. The molecular weight excluding hydrogens is 376 g/mol. The number of likely N-dealkylation sites (N-methyl/N-ethyl adjacent to an activating group) is 1. The van der Waals surface area contributed by atoms with E-state index in [1.165, 1.54) is 36.7 Å². The zero-order valence-electron chi connectivity index (χ0n) is 15.1. The molecule has 1 aliphatic rings. The second kappa shape index (κ2) is 8.96. The minimum absolute atomic E-state index is 0.0351. The molecule has 1 aliphatic heterocycles. The average molecular weight is 398 g/mol. The molecular formula is C17H22N2O7S. The zero-order chi connectivity index (χ0) is 20.0. The summed E-state index contributed by atoms with van der Waals surface area (Å²) < 4.78 is 36.6. The van der Waals surface area contributed by atoms with Gasteiger partial charge in [0.05, 0.1) is 23.5 Å². The molecule has 1 N–H and O–H groups in total. The number of rotatable bonds is 6. The van der Waals surface area contributed by atoms with Gasteiger partial charge in [0.15, 0.2) is 6.61 Å². The number of piperidine rings is 1. The minimum Gasteiger partial charge on any atom is -0.465 e. The summed E-state index contributed by atoms with van der Waals surface area (Å²) in [4.78, 5) is 34.9. The smallest absolute Gasteiger partial charge is 0.339 e. The topological polar surface area (TPSA) is 119 Å². The number of esters is 2. The van der Waals surface area contributed by atoms with Crippen LogP contribution in [-0.2, 0) is 29.1 Å². The van der Waals surface area contributed by atoms with Gasteiger partial charge in [-0.1, -0.05) is 12.1 Å². The molecule has 1 aromatic carbocycles. The number of nitrogens with zero attached hydrogens (tertiary/aromatic N) is 1. The molecule has 0 aromatic heterocycles. The van der Waals surface area contributed by atoms with Crippen LogP contribution in [0, 0.1) is 5.92 Å². The van der Waals surface area contributed by atoms with Crippen LogP contribution < -0.4 is 5.32 Å². The third kappa shape index (κ3) is 4.83. The van der Waals surface area contributed by atoms with Gasteiger partial charge in [-0.25, -0.2) is 13.2 Å². The van der Waals surface area contributed by atoms with Crippen LogP contribution in [0.15, 0.2) is 29.2 Å². The number of hydrogen-bond donors (Lipinski definition) is 1. The maximum Gasteiger partial charge on any atom is 0.339 e. The van der Waals surface area contributed by atoms with E-state index in [4.69, 9.17) is 4.74 Å². The molecule has 0 spiro atoms. The lowest BCUT2D eigenvalue weighted by Crippen LogP contribution is -2.41. The molecule has 1 fully saturated rings. The first-order valence-corrected chi connectivity index (χ1v) is 9.80. The summed E-state index contributed by atoms with van der Waals surface area (Å²) in [5, 5.41) is 2.35. The van der Waals surface area contributed by atoms with E-state index < -0.39 is 33.8 Å². The third-order valence-corrected chi connectivity index (χ3v) is 6.28. The lowest BCUT2D eigenvalue weighted by atomic mass is 9.98. The van der Waals surface area contributed by atoms with E-state index >= 15 is 0 Å². The number of hydrogen-bond acceptors (Lipinski definition) is 7. The van der Waals surface area contributed by atoms with Gasteiger partial charge in [-0.05, 0) is 25.0 Å². The Labute approximate surface area is 157 Å². The fourth-order valence-corrected chi connectivity index (χ4v) is 4.42. The normalized spacial score (nSPS) is 15.8. The molecule has 0 saturated carbocycles. The van der Waals surface area contributed by atoms with Gasteiger partial charge in [-0.3, -0.25) is 9.59 Å². The van der Waals surface area contributed by atoms with Gasteiger partial charge in [0, 0.05) is 20.1 Å². The van der Waals surface area contributed by atoms with Crippen molar-refractivity contribution in [1.82, 2.24) is 9.62 Å². The highest BCUT2D eigenvalue weighted by atomic mass is 32.2. The summed E-state index contributed by atoms with van der Waals surface area (Å²) in [6, 6.07) is 5.83. The van der Waals surface area contributed by atoms with Crippen molar-refractivity contribution >= 4 is 27.9 Å². The van der Waals surface area contributed by atoms with E-state index in [9.17, 15) is 22.8 Å². The maximum atomic E-state index is 12.9. The molecule has 9 nitrogen and oxygen atoms in total. The Morgan fingerprint density at radius 2 is 1.81 bits per heavy atom. The van der Waals surface area contributed by atoms with E-state index in [1.54, 1.807) is 6.07 Å². The number of nitrogens with one attached hydrogen (secondary N) is 1. The second-order valence-electron chi connectivity index (χ2n) is 5.95. The SMILES string of the molecule is CNC(=O)COC(=O)C1CCN(S(=O)(=O)c2ccccc2C(=O)OC)CC1. The largest absolute Gasteiger partial charge is 0.465 e. The molecule has 1 heterocycles. The van der Waals surface area contributed by atoms with Crippen LogP contribution in [0.5, 0.6) is 0 Å². The predicted octanol–water partition coefficient (Wildman–Crippen LogP) is 0.163. The summed E-state index contributed by atoms with van der Waals surface area (Å²) >= 11 is 0. The standard InChI is InChI=1S/C17H22N2O7S/c1-18-15(20)11-26-16(21)12-7-9-19(10-8-12)27(23,24)14-6-4-3-5-13(14)17(22)25-2/h3-6,12H,7-11H2,1-2H3,(H,18,20). The van der Waals surface area contributed by atoms with Gasteiger partial charge >= 0.3 is 11.9 Å². The van der Waals surface area contributed by atoms with Gasteiger partial charge in [-0.2, -0.15) is 4.31 Å². The van der Waals surface area contributed by atoms with Crippen LogP contribution in [0.1, 0.15) is 23.2 Å². The summed E-state index contributed by atoms with van der Waals surface area (Å²) in [5.74, 6) is -2.15. The Morgan fingerprint density at radius 1 is 1.19 bits per heavy atom. The van der Waals surface area contributed by atoms with Crippen molar-refractivity contribution in [3.8, 4) is 0 Å². The molecule has 2 rings (SSSR count). The number of methoxy groups -OCH3 is 1. The number of sulfonamides is 1. The summed E-state index contributed by atoms with van der Waals surface area (Å²) in [6.07, 6.45) is 0.540. The fraction of sp³-hybridized carbons (Fsp3) is 0.471. The highest BCUT2D eigenvalue weighted by Gasteiger charge is 2.34. The number of amides is 1. The Kier molecular flexibility index (Phi) is 6.92. The van der Waals surface area contributed by atoms with Crippen molar-refractivity contribution in [2.24, 2.45) is 5.92 Å². The van der Waals surface area contributed by atoms with Crippen LogP contribution >= 0.6 is 0 Å². The highest BCUT2D eigenvalue weighted by molar-refractivity contribution is 7.89. The Balaban J connectivity index is 2.06. The van der Waals surface area contributed by atoms with Crippen LogP contribution in [0.25, 0.3) is 0 Å². The molecule has 0 radical (unpaired) electrons. The maximum absolute atomic E-state index is 12.9. The van der Waals surface area contributed by atoms with E-state index in [1.807, 2.05) is 0 Å². The molecule has 10 heteroatoms. The Morgan fingerprint density at radius 3 is 2.41 bits per heavy atom. The number of carbonyl (C=O) groups is 3. The molecule has 0 unspecified atom stereocenters. The fourth-order valence-electron chi connectivity index (χ4n) is 2.77. The van der Waals surface area contributed by atoms with Crippen LogP contribution in [0.4, 0.5) is 0 Å². The van der Waals surface area contributed by atoms with Crippen molar-refractivity contribution < 1.29 is 32.3 Å². The summed E-state index contributed by atoms with van der Waals surface area (Å²) in [5.41, 5.74) is -0.0351. The van der Waals surface area contributed by atoms with Crippen LogP contribution in [0.2, 0.25) is 0 Å². The van der Waals surface area contributed by atoms with Crippen molar-refractivity contribution in [2.45, 2.75) is 17.7 Å². The van der Waals surface area contributed by atoms with Crippen molar-refractivity contribution in [2.75, 3.05) is 33.9 Å². The number of carbonyl (C=O) groups excluding carboxylic acids is 3. The molecule has 1 saturated heterocycles. The molecule has 148 valence electrons. The molecule has 0 aliphatic carbocycles. The van der Waals surface area contributed by atoms with Crippen LogP contribution in [-0.4, -0.2) is 64.4 Å². The number of ether oxygens (including phenoxy) is 2. The van der Waals surface area contributed by atoms with Gasteiger partial charge < -0.3 is 14.8 Å². The molecule has 0 atom stereocenters. The van der Waals surface area contributed by atoms with E-state index in [0.29, 0.717) is 0 Å². The first-order chi connectivity index (χ1) is 12.8.